The summed E-state index contributed by atoms with van der Waals surface area (Å²) in [5.41, 5.74) is 2.32. The van der Waals surface area contributed by atoms with Crippen molar-refractivity contribution in [2.24, 2.45) is 0 Å². The van der Waals surface area contributed by atoms with Gasteiger partial charge >= 0.3 is 0 Å². The number of rotatable bonds is 17. The van der Waals surface area contributed by atoms with Crippen molar-refractivity contribution < 1.29 is 25.2 Å². The maximum Gasteiger partial charge on any atom is 0.280 e. The Hall–Kier alpha value is -0.880. The quantitative estimate of drug-likeness (QED) is 0.218. The average molecular weight is 519 g/mol. The fraction of sp³-hybridized carbons (Fsp3) is 0.455. The second kappa shape index (κ2) is 15.1. The SMILES string of the molecule is O=S(=O)(OCCCc1ccccc1)PCCCCPS(=O)(=O)OCCCc1ccccc1. The van der Waals surface area contributed by atoms with Crippen LogP contribution in [-0.4, -0.2) is 42.4 Å². The largest absolute Gasteiger partial charge is 0.280 e. The minimum absolute atomic E-state index is 0.186. The van der Waals surface area contributed by atoms with Crippen LogP contribution < -0.4 is 0 Å². The Morgan fingerprint density at radius 1 is 0.562 bits per heavy atom. The highest BCUT2D eigenvalue weighted by molar-refractivity contribution is 8.41. The average Bonchev–Trinajstić information content (AvgIpc) is 2.78. The molecule has 0 spiro atoms. The fourth-order valence-electron chi connectivity index (χ4n) is 2.91. The van der Waals surface area contributed by atoms with Gasteiger partial charge < -0.3 is 0 Å². The van der Waals surface area contributed by atoms with Crippen LogP contribution in [0.15, 0.2) is 60.7 Å². The van der Waals surface area contributed by atoms with Crippen LogP contribution in [0.25, 0.3) is 0 Å². The summed E-state index contributed by atoms with van der Waals surface area (Å²) < 4.78 is 58.0. The first-order valence-corrected chi connectivity index (χ1v) is 17.4. The second-order valence-electron chi connectivity index (χ2n) is 7.23. The van der Waals surface area contributed by atoms with E-state index < -0.39 is 19.5 Å². The molecule has 0 aromatic heterocycles. The van der Waals surface area contributed by atoms with Crippen molar-refractivity contribution in [2.75, 3.05) is 25.5 Å². The van der Waals surface area contributed by atoms with Crippen molar-refractivity contribution in [2.45, 2.75) is 38.5 Å². The Balaban J connectivity index is 1.48. The lowest BCUT2D eigenvalue weighted by Crippen LogP contribution is -2.04. The van der Waals surface area contributed by atoms with Gasteiger partial charge in [-0.15, -0.1) is 0 Å². The van der Waals surface area contributed by atoms with Gasteiger partial charge in [-0.3, -0.25) is 8.37 Å². The molecule has 2 atom stereocenters. The molecule has 0 heterocycles. The van der Waals surface area contributed by atoms with Gasteiger partial charge in [0.2, 0.25) is 0 Å². The van der Waals surface area contributed by atoms with Crippen LogP contribution in [0.3, 0.4) is 0 Å². The lowest BCUT2D eigenvalue weighted by molar-refractivity contribution is 0.321. The van der Waals surface area contributed by atoms with Gasteiger partial charge in [-0.1, -0.05) is 60.7 Å². The molecule has 0 radical (unpaired) electrons. The van der Waals surface area contributed by atoms with Gasteiger partial charge in [0.15, 0.2) is 0 Å². The zero-order valence-electron chi connectivity index (χ0n) is 18.1. The van der Waals surface area contributed by atoms with Gasteiger partial charge in [0.1, 0.15) is 0 Å². The zero-order chi connectivity index (χ0) is 23.1. The van der Waals surface area contributed by atoms with Crippen molar-refractivity contribution in [3.05, 3.63) is 71.8 Å². The van der Waals surface area contributed by atoms with Gasteiger partial charge in [-0.05, 0) is 62.0 Å². The standard InChI is InChI=1S/C22H32O6P2S2/c23-31(24,27-17-9-15-21-11-3-1-4-12-21)29-19-7-8-20-30-32(25,26)28-18-10-16-22-13-5-2-6-14-22/h1-6,11-14,29-30H,7-10,15-20H2. The van der Waals surface area contributed by atoms with E-state index in [2.05, 4.69) is 0 Å². The van der Waals surface area contributed by atoms with E-state index in [4.69, 9.17) is 8.37 Å². The van der Waals surface area contributed by atoms with E-state index in [1.165, 1.54) is 0 Å². The third kappa shape index (κ3) is 13.0. The van der Waals surface area contributed by atoms with Crippen molar-refractivity contribution >= 4 is 35.0 Å². The van der Waals surface area contributed by atoms with Crippen LogP contribution >= 0.6 is 15.6 Å². The summed E-state index contributed by atoms with van der Waals surface area (Å²) in [6.45, 7) is 0.372. The first-order chi connectivity index (χ1) is 15.4. The van der Waals surface area contributed by atoms with Crippen molar-refractivity contribution in [1.29, 1.82) is 0 Å². The summed E-state index contributed by atoms with van der Waals surface area (Å²) in [4.78, 5) is 0. The van der Waals surface area contributed by atoms with Crippen molar-refractivity contribution in [3.8, 4) is 0 Å². The molecule has 10 heteroatoms. The topological polar surface area (TPSA) is 86.7 Å². The van der Waals surface area contributed by atoms with Gasteiger partial charge in [-0.25, -0.2) is 0 Å². The summed E-state index contributed by atoms with van der Waals surface area (Å²) in [5, 5.41) is 0. The Morgan fingerprint density at radius 3 is 1.31 bits per heavy atom. The molecule has 0 saturated carbocycles. The molecule has 32 heavy (non-hydrogen) atoms. The highest BCUT2D eigenvalue weighted by Crippen LogP contribution is 2.27. The van der Waals surface area contributed by atoms with Crippen LogP contribution in [-0.2, 0) is 40.7 Å². The molecule has 0 aliphatic heterocycles. The Bertz CT molecular complexity index is 886. The third-order valence-electron chi connectivity index (χ3n) is 4.54. The van der Waals surface area contributed by atoms with E-state index in [0.717, 1.165) is 24.0 Å². The van der Waals surface area contributed by atoms with Crippen LogP contribution in [0.4, 0.5) is 0 Å². The number of aryl methyl sites for hydroxylation is 2. The molecule has 2 aromatic carbocycles. The molecule has 178 valence electrons. The highest BCUT2D eigenvalue weighted by atomic mass is 32.8. The summed E-state index contributed by atoms with van der Waals surface area (Å²) >= 11 is 0. The normalized spacial score (nSPS) is 12.9. The van der Waals surface area contributed by atoms with E-state index in [-0.39, 0.29) is 28.8 Å². The second-order valence-corrected chi connectivity index (χ2v) is 15.8. The van der Waals surface area contributed by atoms with Gasteiger partial charge in [0.25, 0.3) is 19.5 Å². The zero-order valence-corrected chi connectivity index (χ0v) is 21.7. The monoisotopic (exact) mass is 518 g/mol. The molecular weight excluding hydrogens is 486 g/mol. The predicted octanol–water partition coefficient (Wildman–Crippen LogP) is 4.91. The molecule has 0 N–H and O–H groups in total. The third-order valence-corrected chi connectivity index (χ3v) is 11.4. The fourth-order valence-corrected chi connectivity index (χ4v) is 8.40. The van der Waals surface area contributed by atoms with E-state index in [1.807, 2.05) is 60.7 Å². The first kappa shape index (κ1) is 27.4. The van der Waals surface area contributed by atoms with Crippen molar-refractivity contribution in [3.63, 3.8) is 0 Å². The molecule has 0 aliphatic rings. The van der Waals surface area contributed by atoms with E-state index in [9.17, 15) is 16.8 Å². The maximum absolute atomic E-state index is 12.0. The molecule has 0 amide bonds. The molecule has 2 unspecified atom stereocenters. The van der Waals surface area contributed by atoms with Crippen molar-refractivity contribution in [1.82, 2.24) is 0 Å². The van der Waals surface area contributed by atoms with E-state index in [1.54, 1.807) is 0 Å². The molecule has 0 saturated heterocycles. The minimum atomic E-state index is -3.50. The van der Waals surface area contributed by atoms with Crippen LogP contribution in [0, 0.1) is 0 Å². The molecule has 0 fully saturated rings. The number of hydrogen-bond acceptors (Lipinski definition) is 6. The molecule has 0 aliphatic carbocycles. The minimum Gasteiger partial charge on any atom is -0.267 e. The molecular formula is C22H32O6P2S2. The number of hydrogen-bond donors (Lipinski definition) is 0. The lowest BCUT2D eigenvalue weighted by atomic mass is 10.1. The van der Waals surface area contributed by atoms with Gasteiger partial charge in [-0.2, -0.15) is 16.8 Å². The van der Waals surface area contributed by atoms with Crippen LogP contribution in [0.5, 0.6) is 0 Å². The van der Waals surface area contributed by atoms with E-state index >= 15 is 0 Å². The summed E-state index contributed by atoms with van der Waals surface area (Å²) in [6, 6.07) is 19.7. The van der Waals surface area contributed by atoms with Gasteiger partial charge in [0, 0.05) is 15.6 Å². The predicted molar refractivity (Wildman–Crippen MR) is 135 cm³/mol. The number of benzene rings is 2. The van der Waals surface area contributed by atoms with E-state index in [0.29, 0.717) is 38.0 Å². The maximum atomic E-state index is 12.0. The molecule has 6 nitrogen and oxygen atoms in total. The Morgan fingerprint density at radius 2 is 0.938 bits per heavy atom. The highest BCUT2D eigenvalue weighted by Gasteiger charge is 2.12. The summed E-state index contributed by atoms with van der Waals surface area (Å²) in [6.07, 6.45) is 5.15. The summed E-state index contributed by atoms with van der Waals surface area (Å²) in [7, 11) is -7.62. The Kier molecular flexibility index (Phi) is 12.9. The number of unbranched alkanes of at least 4 members (excludes halogenated alkanes) is 1. The first-order valence-electron chi connectivity index (χ1n) is 10.7. The molecule has 2 aromatic rings. The lowest BCUT2D eigenvalue weighted by Gasteiger charge is -2.07. The smallest absolute Gasteiger partial charge is 0.267 e. The van der Waals surface area contributed by atoms with Gasteiger partial charge in [0.05, 0.1) is 13.2 Å². The molecule has 2 rings (SSSR count). The molecule has 0 bridgehead atoms. The van der Waals surface area contributed by atoms with Crippen LogP contribution in [0.2, 0.25) is 0 Å². The van der Waals surface area contributed by atoms with Crippen LogP contribution in [0.1, 0.15) is 36.8 Å². The summed E-state index contributed by atoms with van der Waals surface area (Å²) in [5.74, 6) is 0. The Labute approximate surface area is 195 Å².